The zero-order valence-electron chi connectivity index (χ0n) is 54.7. The first-order valence-corrected chi connectivity index (χ1v) is 32.1. The van der Waals surface area contributed by atoms with E-state index in [4.69, 9.17) is 43.6 Å². The predicted molar refractivity (Wildman–Crippen MR) is 382 cm³/mol. The Bertz CT molecular complexity index is 4360. The molecular formula is C78H79B6N3O. The van der Waals surface area contributed by atoms with Gasteiger partial charge >= 0.3 is 0 Å². The second-order valence-corrected chi connectivity index (χ2v) is 31.7. The van der Waals surface area contributed by atoms with Gasteiger partial charge in [-0.05, 0) is 204 Å². The van der Waals surface area contributed by atoms with Gasteiger partial charge in [0, 0.05) is 45.2 Å². The van der Waals surface area contributed by atoms with E-state index in [1.807, 2.05) is 6.07 Å². The van der Waals surface area contributed by atoms with Crippen molar-refractivity contribution in [3.63, 3.8) is 0 Å². The molecule has 3 heterocycles. The molecule has 430 valence electrons. The molecule has 10 radical (unpaired) electrons. The minimum absolute atomic E-state index is 0.00557. The highest BCUT2D eigenvalue weighted by Crippen LogP contribution is 2.56. The molecule has 0 spiro atoms. The zero-order valence-corrected chi connectivity index (χ0v) is 54.7. The van der Waals surface area contributed by atoms with Crippen LogP contribution in [0, 0.1) is 0 Å². The third-order valence-electron chi connectivity index (χ3n) is 22.1. The van der Waals surface area contributed by atoms with E-state index in [2.05, 4.69) is 246 Å². The predicted octanol–water partition coefficient (Wildman–Crippen LogP) is 14.0. The Morgan fingerprint density at radius 2 is 0.898 bits per heavy atom. The number of hydrogen-bond donors (Lipinski definition) is 0. The smallest absolute Gasteiger partial charge is 0.297 e. The summed E-state index contributed by atoms with van der Waals surface area (Å²) in [5.41, 5.74) is 25.0. The van der Waals surface area contributed by atoms with Crippen molar-refractivity contribution in [1.82, 2.24) is 0 Å². The molecule has 3 aliphatic carbocycles. The highest BCUT2D eigenvalue weighted by atomic mass is 16.3. The molecule has 0 saturated carbocycles. The molecule has 0 amide bonds. The number of furan rings is 1. The number of nitrogens with zero attached hydrogens (tertiary/aromatic N) is 3. The fourth-order valence-electron chi connectivity index (χ4n) is 16.0. The molecule has 2 aliphatic heterocycles. The Balaban J connectivity index is 1.17. The lowest BCUT2D eigenvalue weighted by Gasteiger charge is -2.47. The van der Waals surface area contributed by atoms with Gasteiger partial charge in [0.25, 0.3) is 6.71 Å². The van der Waals surface area contributed by atoms with E-state index < -0.39 is 0 Å². The van der Waals surface area contributed by atoms with E-state index in [9.17, 15) is 0 Å². The van der Waals surface area contributed by atoms with Crippen LogP contribution in [0.3, 0.4) is 0 Å². The summed E-state index contributed by atoms with van der Waals surface area (Å²) in [5.74, 6) is 0. The fourth-order valence-corrected chi connectivity index (χ4v) is 16.0. The quantitative estimate of drug-likeness (QED) is 0.155. The Kier molecular flexibility index (Phi) is 13.1. The minimum atomic E-state index is -0.327. The number of anilines is 9. The minimum Gasteiger partial charge on any atom is -0.468 e. The molecule has 0 unspecified atom stereocenters. The van der Waals surface area contributed by atoms with E-state index in [0.29, 0.717) is 5.69 Å². The third kappa shape index (κ3) is 8.88. The molecule has 5 aliphatic rings. The molecule has 1 aromatic heterocycles. The summed E-state index contributed by atoms with van der Waals surface area (Å²) >= 11 is 0. The monoisotopic (exact) mass is 1140 g/mol. The van der Waals surface area contributed by atoms with Crippen molar-refractivity contribution in [1.29, 1.82) is 0 Å². The molecule has 0 bridgehead atoms. The van der Waals surface area contributed by atoms with Gasteiger partial charge in [0.1, 0.15) is 44.8 Å². The Morgan fingerprint density at radius 3 is 1.45 bits per heavy atom. The Labute approximate surface area is 531 Å². The third-order valence-corrected chi connectivity index (χ3v) is 22.1. The lowest BCUT2D eigenvalue weighted by molar-refractivity contribution is 0.332. The largest absolute Gasteiger partial charge is 0.468 e. The van der Waals surface area contributed by atoms with Gasteiger partial charge < -0.3 is 19.1 Å². The van der Waals surface area contributed by atoms with Crippen LogP contribution in [0.1, 0.15) is 181 Å². The number of fused-ring (bicyclic) bond motifs is 9. The van der Waals surface area contributed by atoms with E-state index in [1.165, 1.54) is 44.4 Å². The van der Waals surface area contributed by atoms with Gasteiger partial charge in [-0.3, -0.25) is 0 Å². The molecule has 4 nitrogen and oxygen atoms in total. The van der Waals surface area contributed by atoms with Crippen LogP contribution >= 0.6 is 0 Å². The molecule has 88 heavy (non-hydrogen) atoms. The van der Waals surface area contributed by atoms with Crippen LogP contribution in [0.15, 0.2) is 138 Å². The van der Waals surface area contributed by atoms with E-state index in [0.717, 1.165) is 117 Å². The van der Waals surface area contributed by atoms with Gasteiger partial charge in [0.05, 0.1) is 17.0 Å². The van der Waals surface area contributed by atoms with Crippen molar-refractivity contribution in [2.75, 3.05) is 14.7 Å². The van der Waals surface area contributed by atoms with E-state index >= 15 is 0 Å². The first-order chi connectivity index (χ1) is 41.3. The average molecular weight is 1140 g/mol. The van der Waals surface area contributed by atoms with Crippen LogP contribution in [0.4, 0.5) is 51.2 Å². The van der Waals surface area contributed by atoms with Crippen molar-refractivity contribution in [2.45, 2.75) is 180 Å². The fraction of sp³-hybridized carbons (Fsp3) is 0.359. The molecule has 0 N–H and O–H groups in total. The van der Waals surface area contributed by atoms with Gasteiger partial charge in [0.15, 0.2) is 0 Å². The lowest BCUT2D eigenvalue weighted by atomic mass is 9.35. The van der Waals surface area contributed by atoms with Crippen molar-refractivity contribution >= 4 is 152 Å². The molecule has 10 heteroatoms. The molecule has 0 atom stereocenters. The van der Waals surface area contributed by atoms with Crippen LogP contribution in [-0.2, 0) is 37.9 Å². The lowest BCUT2D eigenvalue weighted by Crippen LogP contribution is -2.61. The highest BCUT2D eigenvalue weighted by molar-refractivity contribution is 7.00. The molecule has 14 rings (SSSR count). The summed E-state index contributed by atoms with van der Waals surface area (Å²) in [6.45, 7) is 35.7. The first kappa shape index (κ1) is 58.8. The van der Waals surface area contributed by atoms with Gasteiger partial charge in [-0.15, -0.1) is 16.4 Å². The van der Waals surface area contributed by atoms with Crippen LogP contribution in [-0.4, -0.2) is 45.9 Å². The molecular weight excluding hydrogens is 1060 g/mol. The van der Waals surface area contributed by atoms with Crippen LogP contribution in [0.5, 0.6) is 0 Å². The van der Waals surface area contributed by atoms with Crippen molar-refractivity contribution < 1.29 is 4.42 Å². The van der Waals surface area contributed by atoms with Crippen LogP contribution < -0.4 is 58.6 Å². The summed E-state index contributed by atoms with van der Waals surface area (Å²) in [7, 11) is 35.3. The van der Waals surface area contributed by atoms with Crippen LogP contribution in [0.25, 0.3) is 22.1 Å². The van der Waals surface area contributed by atoms with Crippen LogP contribution in [0.2, 0.25) is 0 Å². The Morgan fingerprint density at radius 1 is 0.432 bits per heavy atom. The normalized spacial score (nSPS) is 18.6. The Hall–Kier alpha value is -6.91. The summed E-state index contributed by atoms with van der Waals surface area (Å²) in [6, 6.07) is 50.5. The maximum atomic E-state index is 7.85. The standard InChI is InChI=1S/C78H79B6N3O/c1-72(2,3)46-23-27-48(28-24-46)87-61-39-50(85(70-66(82)64(80)63(79)65(81)67(70)83)47-25-21-45(22-26-47)44-19-17-16-18-20-44)38-60-68(61)84(71-69(87)51-40-54-57(43-62(51)88-71)78(14,15)36-33-75(54,8)9)58-41-55-56(77(12,13)35-34-76(55,10)11)42-59(58)86(60)49-29-30-52-53(37-49)74(6,7)32-31-73(52,4)5/h16-30,37-43H,31-36H2,1-15H3. The summed E-state index contributed by atoms with van der Waals surface area (Å²) in [5, 5.41) is 1.10. The topological polar surface area (TPSA) is 22.9 Å². The van der Waals surface area contributed by atoms with Gasteiger partial charge in [0.2, 0.25) is 0 Å². The second kappa shape index (κ2) is 19.5. The van der Waals surface area contributed by atoms with E-state index in [1.54, 1.807) is 0 Å². The maximum Gasteiger partial charge on any atom is 0.297 e. The van der Waals surface area contributed by atoms with Gasteiger partial charge in [-0.1, -0.05) is 182 Å². The number of rotatable bonds is 6. The molecule has 9 aromatic rings. The number of hydrogen-bond acceptors (Lipinski definition) is 4. The summed E-state index contributed by atoms with van der Waals surface area (Å²) < 4.78 is 7.85. The average Bonchev–Trinajstić information content (AvgIpc) is 1.21. The first-order valence-electron chi connectivity index (χ1n) is 32.1. The SMILES string of the molecule is [B]c1c([B])c([B])c(N(c2ccc(-c3ccccc3)cc2)c2cc3c4c(c2)N(c2ccc(C(C)(C)C)cc2)c2c(oc5cc6c(cc25)C(C)(C)CCC6(C)C)B4c2cc4c(cc2N3c2ccc3c(c2)C(C)(C)CCC3(C)C)C(C)(C)CCC4(C)C)c([B])c1[B]. The van der Waals surface area contributed by atoms with Crippen molar-refractivity contribution in [2.24, 2.45) is 0 Å². The van der Waals surface area contributed by atoms with Crippen molar-refractivity contribution in [3.05, 3.63) is 172 Å². The second-order valence-electron chi connectivity index (χ2n) is 31.7. The maximum absolute atomic E-state index is 7.85. The van der Waals surface area contributed by atoms with E-state index in [-0.39, 0.29) is 71.9 Å². The summed E-state index contributed by atoms with van der Waals surface area (Å²) in [6.07, 6.45) is 6.54. The van der Waals surface area contributed by atoms with Gasteiger partial charge in [-0.2, -0.15) is 0 Å². The molecule has 0 saturated heterocycles. The highest BCUT2D eigenvalue weighted by Gasteiger charge is 2.51. The zero-order chi connectivity index (χ0) is 62.5. The molecule has 8 aromatic carbocycles. The number of benzene rings is 8. The van der Waals surface area contributed by atoms with Crippen molar-refractivity contribution in [3.8, 4) is 11.1 Å². The molecule has 0 fully saturated rings. The summed E-state index contributed by atoms with van der Waals surface area (Å²) in [4.78, 5) is 7.27. The van der Waals surface area contributed by atoms with Gasteiger partial charge in [-0.25, -0.2) is 0 Å².